The van der Waals surface area contributed by atoms with Crippen LogP contribution in [0.5, 0.6) is 0 Å². The highest BCUT2D eigenvalue weighted by atomic mass is 32.2. The molecule has 0 radical (unpaired) electrons. The van der Waals surface area contributed by atoms with Crippen LogP contribution in [0.2, 0.25) is 0 Å². The van der Waals surface area contributed by atoms with E-state index in [2.05, 4.69) is 4.98 Å². The number of halogens is 2. The maximum absolute atomic E-state index is 13.6. The van der Waals surface area contributed by atoms with Crippen molar-refractivity contribution in [1.29, 1.82) is 5.26 Å². The summed E-state index contributed by atoms with van der Waals surface area (Å²) in [6, 6.07) is 15.5. The van der Waals surface area contributed by atoms with Crippen molar-refractivity contribution in [2.45, 2.75) is 9.10 Å². The van der Waals surface area contributed by atoms with Crippen LogP contribution in [0.1, 0.15) is 5.56 Å². The van der Waals surface area contributed by atoms with Gasteiger partial charge in [0, 0.05) is 10.9 Å². The number of benzene rings is 2. The normalized spacial score (nSPS) is 11.5. The third kappa shape index (κ3) is 3.05. The second kappa shape index (κ2) is 6.78. The molecule has 0 aliphatic heterocycles. The molecule has 0 fully saturated rings. The van der Waals surface area contributed by atoms with Gasteiger partial charge in [-0.2, -0.15) is 9.65 Å². The molecule has 0 unspecified atom stereocenters. The van der Waals surface area contributed by atoms with E-state index in [1.54, 1.807) is 0 Å². The van der Waals surface area contributed by atoms with Gasteiger partial charge in [-0.05, 0) is 48.0 Å². The van der Waals surface area contributed by atoms with Crippen LogP contribution in [-0.4, -0.2) is 13.4 Å². The average molecular weight is 412 g/mol. The van der Waals surface area contributed by atoms with Crippen LogP contribution in [0.4, 0.5) is 8.78 Å². The van der Waals surface area contributed by atoms with E-state index in [-0.39, 0.29) is 19.5 Å². The number of nitrogens with zero attached hydrogens (tertiary/aromatic N) is 2. The zero-order valence-corrected chi connectivity index (χ0v) is 15.7. The minimum atomic E-state index is -4.02. The molecule has 4 nitrogen and oxygen atoms in total. The third-order valence-corrected chi connectivity index (χ3v) is 7.51. The standard InChI is InChI=1S/C20H10F2N2O2S2/c21-14-6-4-13(5-7-14)18-16-8-9-17(22)24-19(16)27-20(18)28(25,26)15-3-1-2-12(10-15)11-23/h1-10H. The second-order valence-corrected chi connectivity index (χ2v) is 9.05. The highest BCUT2D eigenvalue weighted by molar-refractivity contribution is 7.93. The van der Waals surface area contributed by atoms with E-state index < -0.39 is 21.6 Å². The topological polar surface area (TPSA) is 70.8 Å². The van der Waals surface area contributed by atoms with Gasteiger partial charge in [0.2, 0.25) is 15.8 Å². The third-order valence-electron chi connectivity index (χ3n) is 4.14. The number of aromatic nitrogens is 1. The van der Waals surface area contributed by atoms with Gasteiger partial charge in [0.1, 0.15) is 14.9 Å². The summed E-state index contributed by atoms with van der Waals surface area (Å²) in [7, 11) is -4.02. The van der Waals surface area contributed by atoms with Gasteiger partial charge in [0.05, 0.1) is 16.5 Å². The zero-order valence-electron chi connectivity index (χ0n) is 14.1. The maximum atomic E-state index is 13.6. The van der Waals surface area contributed by atoms with Crippen molar-refractivity contribution in [3.63, 3.8) is 0 Å². The van der Waals surface area contributed by atoms with Crippen LogP contribution in [0.15, 0.2) is 69.8 Å². The molecule has 2 aromatic carbocycles. The lowest BCUT2D eigenvalue weighted by atomic mass is 10.1. The van der Waals surface area contributed by atoms with E-state index in [1.807, 2.05) is 6.07 Å². The second-order valence-electron chi connectivity index (χ2n) is 5.90. The van der Waals surface area contributed by atoms with Crippen molar-refractivity contribution >= 4 is 31.4 Å². The van der Waals surface area contributed by atoms with Crippen molar-refractivity contribution < 1.29 is 17.2 Å². The highest BCUT2D eigenvalue weighted by Gasteiger charge is 2.28. The molecule has 2 heterocycles. The summed E-state index contributed by atoms with van der Waals surface area (Å²) in [4.78, 5) is 3.97. The summed E-state index contributed by atoms with van der Waals surface area (Å²) in [6.07, 6.45) is 0. The summed E-state index contributed by atoms with van der Waals surface area (Å²) in [5.74, 6) is -1.19. The van der Waals surface area contributed by atoms with Crippen LogP contribution in [0.25, 0.3) is 21.3 Å². The molecule has 0 atom stereocenters. The number of fused-ring (bicyclic) bond motifs is 1. The molecule has 2 aromatic heterocycles. The number of nitriles is 1. The summed E-state index contributed by atoms with van der Waals surface area (Å²) in [5, 5.41) is 9.52. The van der Waals surface area contributed by atoms with Gasteiger partial charge in [-0.3, -0.25) is 0 Å². The van der Waals surface area contributed by atoms with E-state index in [4.69, 9.17) is 5.26 Å². The minimum absolute atomic E-state index is 0.0395. The Kier molecular flexibility index (Phi) is 4.41. The molecule has 138 valence electrons. The fourth-order valence-electron chi connectivity index (χ4n) is 2.85. The molecule has 28 heavy (non-hydrogen) atoms. The van der Waals surface area contributed by atoms with Crippen molar-refractivity contribution in [3.05, 3.63) is 78.0 Å². The van der Waals surface area contributed by atoms with Gasteiger partial charge in [-0.1, -0.05) is 18.2 Å². The fraction of sp³-hybridized carbons (Fsp3) is 0. The molecular weight excluding hydrogens is 402 g/mol. The number of hydrogen-bond acceptors (Lipinski definition) is 5. The first-order chi connectivity index (χ1) is 13.4. The van der Waals surface area contributed by atoms with Gasteiger partial charge in [-0.25, -0.2) is 17.8 Å². The predicted molar refractivity (Wildman–Crippen MR) is 102 cm³/mol. The van der Waals surface area contributed by atoms with E-state index in [0.717, 1.165) is 17.4 Å². The van der Waals surface area contributed by atoms with Gasteiger partial charge < -0.3 is 0 Å². The lowest BCUT2D eigenvalue weighted by Gasteiger charge is -2.07. The Morgan fingerprint density at radius 3 is 2.46 bits per heavy atom. The van der Waals surface area contributed by atoms with Crippen LogP contribution < -0.4 is 0 Å². The average Bonchev–Trinajstić information content (AvgIpc) is 3.08. The van der Waals surface area contributed by atoms with Crippen molar-refractivity contribution in [3.8, 4) is 17.2 Å². The largest absolute Gasteiger partial charge is 0.218 e. The Balaban J connectivity index is 2.04. The first-order valence-electron chi connectivity index (χ1n) is 8.00. The lowest BCUT2D eigenvalue weighted by Crippen LogP contribution is -2.01. The molecule has 0 saturated carbocycles. The van der Waals surface area contributed by atoms with Gasteiger partial charge in [-0.15, -0.1) is 11.3 Å². The van der Waals surface area contributed by atoms with Crippen molar-refractivity contribution in [1.82, 2.24) is 4.98 Å². The van der Waals surface area contributed by atoms with Crippen LogP contribution in [0, 0.1) is 23.1 Å². The SMILES string of the molecule is N#Cc1cccc(S(=O)(=O)c2sc3nc(F)ccc3c2-c2ccc(F)cc2)c1. The zero-order chi connectivity index (χ0) is 19.9. The lowest BCUT2D eigenvalue weighted by molar-refractivity contribution is 0.589. The summed E-state index contributed by atoms with van der Waals surface area (Å²) >= 11 is 0.837. The number of hydrogen-bond donors (Lipinski definition) is 0. The Morgan fingerprint density at radius 1 is 1.00 bits per heavy atom. The first-order valence-corrected chi connectivity index (χ1v) is 10.3. The highest BCUT2D eigenvalue weighted by Crippen LogP contribution is 2.43. The number of pyridine rings is 1. The first kappa shape index (κ1) is 18.2. The van der Waals surface area contributed by atoms with Gasteiger partial charge in [0.15, 0.2) is 0 Å². The molecule has 0 bridgehead atoms. The van der Waals surface area contributed by atoms with Gasteiger partial charge in [0.25, 0.3) is 0 Å². The Hall–Kier alpha value is -3.15. The summed E-state index contributed by atoms with van der Waals surface area (Å²) < 4.78 is 53.6. The van der Waals surface area contributed by atoms with E-state index in [1.165, 1.54) is 54.6 Å². The fourth-order valence-corrected chi connectivity index (χ4v) is 5.99. The molecule has 0 aliphatic rings. The van der Waals surface area contributed by atoms with Gasteiger partial charge >= 0.3 is 0 Å². The van der Waals surface area contributed by atoms with E-state index >= 15 is 0 Å². The predicted octanol–water partition coefficient (Wildman–Crippen LogP) is 4.95. The summed E-state index contributed by atoms with van der Waals surface area (Å²) in [5.41, 5.74) is 1.00. The smallest absolute Gasteiger partial charge is 0.216 e. The van der Waals surface area contributed by atoms with Crippen molar-refractivity contribution in [2.24, 2.45) is 0 Å². The molecule has 0 saturated heterocycles. The Bertz CT molecular complexity index is 1360. The van der Waals surface area contributed by atoms with Crippen LogP contribution >= 0.6 is 11.3 Å². The molecule has 0 spiro atoms. The summed E-state index contributed by atoms with van der Waals surface area (Å²) in [6.45, 7) is 0. The molecule has 0 amide bonds. The molecule has 4 aromatic rings. The van der Waals surface area contributed by atoms with Crippen molar-refractivity contribution in [2.75, 3.05) is 0 Å². The minimum Gasteiger partial charge on any atom is -0.218 e. The quantitative estimate of drug-likeness (QED) is 0.447. The monoisotopic (exact) mass is 412 g/mol. The number of rotatable bonds is 3. The molecule has 0 N–H and O–H groups in total. The molecular formula is C20H10F2N2O2S2. The Labute approximate surface area is 163 Å². The van der Waals surface area contributed by atoms with E-state index in [9.17, 15) is 17.2 Å². The van der Waals surface area contributed by atoms with E-state index in [0.29, 0.717) is 16.5 Å². The molecule has 4 rings (SSSR count). The molecule has 8 heteroatoms. The molecule has 0 aliphatic carbocycles. The number of thiophene rings is 1. The number of sulfone groups is 1. The maximum Gasteiger partial charge on any atom is 0.216 e. The van der Waals surface area contributed by atoms with Crippen LogP contribution in [-0.2, 0) is 9.84 Å². The van der Waals surface area contributed by atoms with Crippen LogP contribution in [0.3, 0.4) is 0 Å². The Morgan fingerprint density at radius 2 is 1.75 bits per heavy atom.